The summed E-state index contributed by atoms with van der Waals surface area (Å²) in [6, 6.07) is 13.7. The van der Waals surface area contributed by atoms with Crippen LogP contribution in [0.25, 0.3) is 0 Å². The Morgan fingerprint density at radius 3 is 2.24 bits per heavy atom. The first-order valence-corrected chi connectivity index (χ1v) is 8.06. The van der Waals surface area contributed by atoms with Crippen molar-refractivity contribution >= 4 is 19.0 Å². The molecule has 2 nitrogen and oxygen atoms in total. The SMILES string of the molecule is CCCOc1ccc(P=C([O-])c2c(C)cccc2C)cc1. The monoisotopic (exact) mass is 299 g/mol. The first-order chi connectivity index (χ1) is 10.1. The van der Waals surface area contributed by atoms with E-state index in [1.54, 1.807) is 0 Å². The van der Waals surface area contributed by atoms with Crippen LogP contribution < -0.4 is 15.1 Å². The van der Waals surface area contributed by atoms with Gasteiger partial charge in [0.1, 0.15) is 5.75 Å². The van der Waals surface area contributed by atoms with Crippen molar-refractivity contribution < 1.29 is 9.84 Å². The van der Waals surface area contributed by atoms with Crippen LogP contribution in [0, 0.1) is 13.8 Å². The highest BCUT2D eigenvalue weighted by Crippen LogP contribution is 2.17. The summed E-state index contributed by atoms with van der Waals surface area (Å²) in [5.41, 5.74) is 3.06. The van der Waals surface area contributed by atoms with Gasteiger partial charge in [-0.2, -0.15) is 0 Å². The van der Waals surface area contributed by atoms with Gasteiger partial charge in [0, 0.05) is 5.30 Å². The average molecular weight is 299 g/mol. The summed E-state index contributed by atoms with van der Waals surface area (Å²) in [5, 5.41) is 13.5. The quantitative estimate of drug-likeness (QED) is 0.794. The molecule has 0 aliphatic carbocycles. The maximum atomic E-state index is 12.5. The van der Waals surface area contributed by atoms with Gasteiger partial charge in [-0.3, -0.25) is 0 Å². The zero-order valence-corrected chi connectivity index (χ0v) is 13.6. The van der Waals surface area contributed by atoms with Gasteiger partial charge in [-0.1, -0.05) is 33.3 Å². The van der Waals surface area contributed by atoms with Gasteiger partial charge in [0.25, 0.3) is 0 Å². The summed E-state index contributed by atoms with van der Waals surface area (Å²) in [6.45, 7) is 6.77. The van der Waals surface area contributed by atoms with E-state index in [0.717, 1.165) is 40.8 Å². The summed E-state index contributed by atoms with van der Waals surface area (Å²) < 4.78 is 5.55. The second kappa shape index (κ2) is 7.40. The molecule has 0 saturated heterocycles. The van der Waals surface area contributed by atoms with Crippen molar-refractivity contribution in [2.45, 2.75) is 27.2 Å². The summed E-state index contributed by atoms with van der Waals surface area (Å²) in [5.74, 6) is 0.857. The minimum atomic E-state index is 0.146. The molecule has 0 heterocycles. The molecule has 0 unspecified atom stereocenters. The normalized spacial score (nSPS) is 11.5. The van der Waals surface area contributed by atoms with Crippen molar-refractivity contribution in [1.29, 1.82) is 0 Å². The third-order valence-corrected chi connectivity index (χ3v) is 4.22. The molecular formula is C18H20O2P-. The third kappa shape index (κ3) is 4.17. The molecule has 110 valence electrons. The highest BCUT2D eigenvalue weighted by molar-refractivity contribution is 7.49. The maximum Gasteiger partial charge on any atom is 0.119 e. The van der Waals surface area contributed by atoms with Crippen LogP contribution in [0.2, 0.25) is 0 Å². The molecule has 0 radical (unpaired) electrons. The number of ether oxygens (including phenoxy) is 1. The minimum absolute atomic E-state index is 0.146. The van der Waals surface area contributed by atoms with Crippen LogP contribution in [-0.2, 0) is 0 Å². The van der Waals surface area contributed by atoms with Crippen molar-refractivity contribution in [2.75, 3.05) is 6.61 Å². The molecule has 2 rings (SSSR count). The smallest absolute Gasteiger partial charge is 0.119 e. The molecule has 0 fully saturated rings. The third-order valence-electron chi connectivity index (χ3n) is 3.24. The second-order valence-corrected chi connectivity index (χ2v) is 6.17. The van der Waals surface area contributed by atoms with Crippen molar-refractivity contribution in [1.82, 2.24) is 0 Å². The van der Waals surface area contributed by atoms with Crippen LogP contribution in [0.1, 0.15) is 30.0 Å². The van der Waals surface area contributed by atoms with Gasteiger partial charge in [-0.15, -0.1) is 5.48 Å². The van der Waals surface area contributed by atoms with E-state index in [9.17, 15) is 5.11 Å². The molecule has 0 spiro atoms. The Kier molecular flexibility index (Phi) is 5.55. The Balaban J connectivity index is 2.22. The Labute approximate surface area is 128 Å². The zero-order valence-electron chi connectivity index (χ0n) is 12.7. The van der Waals surface area contributed by atoms with Crippen LogP contribution in [0.4, 0.5) is 0 Å². The van der Waals surface area contributed by atoms with Gasteiger partial charge >= 0.3 is 0 Å². The molecule has 0 saturated carbocycles. The van der Waals surface area contributed by atoms with Crippen LogP contribution in [-0.4, -0.2) is 12.1 Å². The van der Waals surface area contributed by atoms with Crippen LogP contribution >= 0.6 is 8.20 Å². The molecule has 0 amide bonds. The highest BCUT2D eigenvalue weighted by atomic mass is 31.1. The maximum absolute atomic E-state index is 12.5. The molecule has 2 aromatic carbocycles. The van der Waals surface area contributed by atoms with E-state index in [1.165, 1.54) is 0 Å². The van der Waals surface area contributed by atoms with Crippen molar-refractivity contribution in [2.24, 2.45) is 0 Å². The lowest BCUT2D eigenvalue weighted by atomic mass is 10.0. The number of hydrogen-bond donors (Lipinski definition) is 0. The predicted molar refractivity (Wildman–Crippen MR) is 88.8 cm³/mol. The Morgan fingerprint density at radius 1 is 1.05 bits per heavy atom. The highest BCUT2D eigenvalue weighted by Gasteiger charge is 2.01. The summed E-state index contributed by atoms with van der Waals surface area (Å²) in [7, 11) is 0.708. The van der Waals surface area contributed by atoms with Crippen molar-refractivity contribution in [3.05, 3.63) is 59.2 Å². The van der Waals surface area contributed by atoms with Crippen LogP contribution in [0.15, 0.2) is 42.5 Å². The van der Waals surface area contributed by atoms with Crippen LogP contribution in [0.3, 0.4) is 0 Å². The Bertz CT molecular complexity index is 610. The summed E-state index contributed by atoms with van der Waals surface area (Å²) >= 11 is 0. The zero-order chi connectivity index (χ0) is 15.2. The second-order valence-electron chi connectivity index (χ2n) is 5.03. The molecular weight excluding hydrogens is 279 g/mol. The molecule has 2 aromatic rings. The largest absolute Gasteiger partial charge is 0.823 e. The first-order valence-electron chi connectivity index (χ1n) is 7.17. The number of benzene rings is 2. The van der Waals surface area contributed by atoms with Crippen molar-refractivity contribution in [3.63, 3.8) is 0 Å². The lowest BCUT2D eigenvalue weighted by Crippen LogP contribution is -2.20. The number of rotatable bonds is 5. The van der Waals surface area contributed by atoms with Gasteiger partial charge in [0.2, 0.25) is 0 Å². The average Bonchev–Trinajstić information content (AvgIpc) is 2.46. The standard InChI is InChI=1S/C18H21O2P/c1-4-12-20-15-8-10-16(11-9-15)21-18(19)17-13(2)6-5-7-14(17)3/h5-11,19H,4,12H2,1-3H3/p-1. The van der Waals surface area contributed by atoms with E-state index in [2.05, 4.69) is 6.92 Å². The molecule has 21 heavy (non-hydrogen) atoms. The fraction of sp³-hybridized carbons (Fsp3) is 0.278. The lowest BCUT2D eigenvalue weighted by molar-refractivity contribution is -0.207. The summed E-state index contributed by atoms with van der Waals surface area (Å²) in [4.78, 5) is 0. The van der Waals surface area contributed by atoms with E-state index < -0.39 is 0 Å². The van der Waals surface area contributed by atoms with Gasteiger partial charge in [0.15, 0.2) is 0 Å². The topological polar surface area (TPSA) is 32.3 Å². The van der Waals surface area contributed by atoms with E-state index in [4.69, 9.17) is 4.74 Å². The van der Waals surface area contributed by atoms with E-state index in [-0.39, 0.29) is 5.48 Å². The minimum Gasteiger partial charge on any atom is -0.823 e. The molecule has 3 heteroatoms. The lowest BCUT2D eigenvalue weighted by Gasteiger charge is -2.17. The first kappa shape index (κ1) is 15.8. The number of hydrogen-bond acceptors (Lipinski definition) is 2. The fourth-order valence-corrected chi connectivity index (χ4v) is 3.16. The van der Waals surface area contributed by atoms with E-state index >= 15 is 0 Å². The molecule has 0 N–H and O–H groups in total. The Morgan fingerprint density at radius 2 is 1.67 bits per heavy atom. The van der Waals surface area contributed by atoms with Crippen LogP contribution in [0.5, 0.6) is 5.75 Å². The Hall–Kier alpha value is -1.63. The summed E-state index contributed by atoms with van der Waals surface area (Å²) in [6.07, 6.45) is 0.991. The fourth-order valence-electron chi connectivity index (χ4n) is 2.16. The van der Waals surface area contributed by atoms with E-state index in [0.29, 0.717) is 8.20 Å². The number of aryl methyl sites for hydroxylation is 2. The molecule has 0 aromatic heterocycles. The molecule has 0 atom stereocenters. The predicted octanol–water partition coefficient (Wildman–Crippen LogP) is 3.20. The van der Waals surface area contributed by atoms with Gasteiger partial charge < -0.3 is 9.84 Å². The van der Waals surface area contributed by atoms with E-state index in [1.807, 2.05) is 56.3 Å². The molecule has 0 aliphatic heterocycles. The van der Waals surface area contributed by atoms with Crippen molar-refractivity contribution in [3.8, 4) is 5.75 Å². The van der Waals surface area contributed by atoms with Gasteiger partial charge in [-0.05, 0) is 61.2 Å². The van der Waals surface area contributed by atoms with Gasteiger partial charge in [-0.25, -0.2) is 0 Å². The molecule has 0 aliphatic rings. The molecule has 0 bridgehead atoms. The van der Waals surface area contributed by atoms with Gasteiger partial charge in [0.05, 0.1) is 6.61 Å².